The van der Waals surface area contributed by atoms with Gasteiger partial charge in [0.05, 0.1) is 6.61 Å². The molecule has 0 fully saturated rings. The summed E-state index contributed by atoms with van der Waals surface area (Å²) in [6, 6.07) is 6.94. The third kappa shape index (κ3) is 3.85. The maximum Gasteiger partial charge on any atom is 0.412 e. The van der Waals surface area contributed by atoms with Gasteiger partial charge in [0.25, 0.3) is 0 Å². The zero-order chi connectivity index (χ0) is 11.3. The van der Waals surface area contributed by atoms with Crippen LogP contribution in [0.1, 0.15) is 12.5 Å². The summed E-state index contributed by atoms with van der Waals surface area (Å²) in [5.74, 6) is 0. The molecule has 0 spiro atoms. The second-order valence-corrected chi connectivity index (χ2v) is 3.53. The van der Waals surface area contributed by atoms with Crippen molar-refractivity contribution in [3.05, 3.63) is 34.9 Å². The van der Waals surface area contributed by atoms with Gasteiger partial charge in [0, 0.05) is 10.6 Å². The molecular formula is C10H10ClNO2S. The molecule has 0 aromatic heterocycles. The van der Waals surface area contributed by atoms with Crippen LogP contribution in [-0.4, -0.2) is 17.7 Å². The van der Waals surface area contributed by atoms with Crippen LogP contribution in [-0.2, 0) is 4.74 Å². The number of hydrogen-bond acceptors (Lipinski definition) is 3. The largest absolute Gasteiger partial charge is 0.450 e. The quantitative estimate of drug-likeness (QED) is 0.812. The minimum absolute atomic E-state index is 0.302. The molecule has 0 unspecified atom stereocenters. The van der Waals surface area contributed by atoms with E-state index in [0.29, 0.717) is 22.2 Å². The molecule has 0 atom stereocenters. The highest BCUT2D eigenvalue weighted by atomic mass is 35.5. The van der Waals surface area contributed by atoms with Gasteiger partial charge in [-0.2, -0.15) is 0 Å². The van der Waals surface area contributed by atoms with Gasteiger partial charge >= 0.3 is 6.09 Å². The number of hydrogen-bond donors (Lipinski definition) is 1. The minimum Gasteiger partial charge on any atom is -0.450 e. The number of ether oxygens (including phenoxy) is 1. The number of thiocarbonyl (C=S) groups is 1. The van der Waals surface area contributed by atoms with Crippen LogP contribution in [0.2, 0.25) is 5.02 Å². The van der Waals surface area contributed by atoms with Crippen LogP contribution >= 0.6 is 23.8 Å². The molecule has 0 saturated carbocycles. The fourth-order valence-electron chi connectivity index (χ4n) is 0.962. The maximum atomic E-state index is 11.1. The molecule has 1 amide bonds. The van der Waals surface area contributed by atoms with Gasteiger partial charge in [-0.05, 0) is 19.1 Å². The number of carbonyl (C=O) groups is 1. The summed E-state index contributed by atoms with van der Waals surface area (Å²) in [6.07, 6.45) is -0.553. The van der Waals surface area contributed by atoms with Crippen molar-refractivity contribution < 1.29 is 9.53 Å². The van der Waals surface area contributed by atoms with Crippen molar-refractivity contribution in [2.24, 2.45) is 0 Å². The van der Waals surface area contributed by atoms with E-state index in [1.54, 1.807) is 31.2 Å². The first kappa shape index (κ1) is 11.9. The molecule has 15 heavy (non-hydrogen) atoms. The lowest BCUT2D eigenvalue weighted by molar-refractivity contribution is 0.158. The Hall–Kier alpha value is -1.13. The molecule has 0 aliphatic carbocycles. The maximum absolute atomic E-state index is 11.1. The Morgan fingerprint density at radius 2 is 2.33 bits per heavy atom. The Labute approximate surface area is 98.4 Å². The Morgan fingerprint density at radius 3 is 2.93 bits per heavy atom. The molecule has 0 aliphatic heterocycles. The molecule has 0 radical (unpaired) electrons. The summed E-state index contributed by atoms with van der Waals surface area (Å²) >= 11 is 10.8. The van der Waals surface area contributed by atoms with Crippen LogP contribution in [0.4, 0.5) is 4.79 Å². The Bertz CT molecular complexity index is 381. The first-order chi connectivity index (χ1) is 7.13. The number of benzene rings is 1. The normalized spacial score (nSPS) is 9.47. The van der Waals surface area contributed by atoms with Crippen LogP contribution in [0, 0.1) is 0 Å². The molecule has 1 aromatic rings. The van der Waals surface area contributed by atoms with E-state index in [2.05, 4.69) is 5.32 Å². The molecule has 0 bridgehead atoms. The number of rotatable bonds is 2. The number of halogens is 1. The molecule has 3 nitrogen and oxygen atoms in total. The highest BCUT2D eigenvalue weighted by Gasteiger charge is 2.06. The molecule has 1 N–H and O–H groups in total. The van der Waals surface area contributed by atoms with Crippen LogP contribution in [0.25, 0.3) is 0 Å². The van der Waals surface area contributed by atoms with Gasteiger partial charge in [0.1, 0.15) is 4.99 Å². The minimum atomic E-state index is -0.553. The average Bonchev–Trinajstić information content (AvgIpc) is 2.18. The van der Waals surface area contributed by atoms with Crippen molar-refractivity contribution in [3.8, 4) is 0 Å². The number of alkyl carbamates (subject to hydrolysis) is 1. The second-order valence-electron chi connectivity index (χ2n) is 2.68. The summed E-state index contributed by atoms with van der Waals surface area (Å²) in [6.45, 7) is 2.03. The fourth-order valence-corrected chi connectivity index (χ4v) is 1.36. The van der Waals surface area contributed by atoms with E-state index < -0.39 is 6.09 Å². The van der Waals surface area contributed by atoms with Crippen molar-refractivity contribution in [1.82, 2.24) is 5.32 Å². The Morgan fingerprint density at radius 1 is 1.60 bits per heavy atom. The van der Waals surface area contributed by atoms with Gasteiger partial charge in [-0.25, -0.2) is 4.79 Å². The number of nitrogens with one attached hydrogen (secondary N) is 1. The predicted molar refractivity (Wildman–Crippen MR) is 63.3 cm³/mol. The lowest BCUT2D eigenvalue weighted by Crippen LogP contribution is -2.30. The lowest BCUT2D eigenvalue weighted by Gasteiger charge is -2.06. The summed E-state index contributed by atoms with van der Waals surface area (Å²) in [5.41, 5.74) is 0.686. The monoisotopic (exact) mass is 243 g/mol. The molecule has 5 heteroatoms. The fraction of sp³-hybridized carbons (Fsp3) is 0.200. The second kappa shape index (κ2) is 5.68. The molecular weight excluding hydrogens is 234 g/mol. The molecule has 0 aliphatic rings. The summed E-state index contributed by atoms with van der Waals surface area (Å²) in [4.78, 5) is 11.4. The molecule has 0 heterocycles. The molecule has 1 rings (SSSR count). The summed E-state index contributed by atoms with van der Waals surface area (Å²) in [7, 11) is 0. The first-order valence-corrected chi connectivity index (χ1v) is 5.15. The third-order valence-electron chi connectivity index (χ3n) is 1.58. The van der Waals surface area contributed by atoms with Crippen LogP contribution in [0.3, 0.4) is 0 Å². The zero-order valence-corrected chi connectivity index (χ0v) is 9.69. The van der Waals surface area contributed by atoms with E-state index in [9.17, 15) is 4.79 Å². The van der Waals surface area contributed by atoms with Gasteiger partial charge in [-0.15, -0.1) is 0 Å². The molecule has 1 aromatic carbocycles. The van der Waals surface area contributed by atoms with E-state index in [0.717, 1.165) is 0 Å². The average molecular weight is 244 g/mol. The van der Waals surface area contributed by atoms with Crippen molar-refractivity contribution in [3.63, 3.8) is 0 Å². The van der Waals surface area contributed by atoms with E-state index in [1.165, 1.54) is 0 Å². The van der Waals surface area contributed by atoms with E-state index in [4.69, 9.17) is 28.6 Å². The van der Waals surface area contributed by atoms with Crippen LogP contribution in [0.15, 0.2) is 24.3 Å². The zero-order valence-electron chi connectivity index (χ0n) is 8.12. The number of carbonyl (C=O) groups excluding carboxylic acids is 1. The van der Waals surface area contributed by atoms with E-state index in [-0.39, 0.29) is 0 Å². The van der Waals surface area contributed by atoms with Crippen molar-refractivity contribution in [2.45, 2.75) is 6.92 Å². The SMILES string of the molecule is CCOC(=O)NC(=S)c1cccc(Cl)c1. The topological polar surface area (TPSA) is 38.3 Å². The van der Waals surface area contributed by atoms with Gasteiger partial charge in [-0.1, -0.05) is 36.0 Å². The standard InChI is InChI=1S/C10H10ClNO2S/c1-2-14-10(13)12-9(15)7-4-3-5-8(11)6-7/h3-6H,2H2,1H3,(H,12,13,15). The number of amides is 1. The van der Waals surface area contributed by atoms with Crippen LogP contribution in [0.5, 0.6) is 0 Å². The molecule has 80 valence electrons. The highest BCUT2D eigenvalue weighted by Crippen LogP contribution is 2.10. The summed E-state index contributed by atoms with van der Waals surface area (Å²) < 4.78 is 4.69. The van der Waals surface area contributed by atoms with E-state index >= 15 is 0 Å². The van der Waals surface area contributed by atoms with Crippen LogP contribution < -0.4 is 5.32 Å². The lowest BCUT2D eigenvalue weighted by atomic mass is 10.2. The van der Waals surface area contributed by atoms with Gasteiger partial charge in [0.2, 0.25) is 0 Å². The first-order valence-electron chi connectivity index (χ1n) is 4.37. The smallest absolute Gasteiger partial charge is 0.412 e. The van der Waals surface area contributed by atoms with Gasteiger partial charge < -0.3 is 4.74 Å². The van der Waals surface area contributed by atoms with E-state index in [1.807, 2.05) is 0 Å². The Balaban J connectivity index is 2.65. The van der Waals surface area contributed by atoms with Gasteiger partial charge in [0.15, 0.2) is 0 Å². The predicted octanol–water partition coefficient (Wildman–Crippen LogP) is 2.76. The third-order valence-corrected chi connectivity index (χ3v) is 2.15. The summed E-state index contributed by atoms with van der Waals surface area (Å²) in [5, 5.41) is 3.01. The van der Waals surface area contributed by atoms with Gasteiger partial charge in [-0.3, -0.25) is 5.32 Å². The van der Waals surface area contributed by atoms with Crippen molar-refractivity contribution >= 4 is 34.9 Å². The highest BCUT2D eigenvalue weighted by molar-refractivity contribution is 7.80. The van der Waals surface area contributed by atoms with Crippen molar-refractivity contribution in [2.75, 3.05) is 6.61 Å². The van der Waals surface area contributed by atoms with Crippen molar-refractivity contribution in [1.29, 1.82) is 0 Å². The Kier molecular flexibility index (Phi) is 4.52. The molecule has 0 saturated heterocycles.